The van der Waals surface area contributed by atoms with Gasteiger partial charge in [0.1, 0.15) is 16.9 Å². The number of amides is 1. The topological polar surface area (TPSA) is 79.8 Å². The molecule has 0 N–H and O–H groups in total. The van der Waals surface area contributed by atoms with Gasteiger partial charge in [0.2, 0.25) is 0 Å². The molecule has 0 spiro atoms. The van der Waals surface area contributed by atoms with Crippen molar-refractivity contribution < 1.29 is 14.1 Å². The van der Waals surface area contributed by atoms with E-state index in [0.29, 0.717) is 13.1 Å². The number of carbonyl (C=O) groups excluding carboxylic acids is 1. The summed E-state index contributed by atoms with van der Waals surface area (Å²) in [5.41, 5.74) is 1.52. The Labute approximate surface area is 168 Å². The number of anilines is 1. The molecule has 0 aliphatic carbocycles. The van der Waals surface area contributed by atoms with Gasteiger partial charge in [0.25, 0.3) is 11.6 Å². The molecule has 2 aromatic carbocycles. The van der Waals surface area contributed by atoms with E-state index < -0.39 is 4.92 Å². The quantitative estimate of drug-likeness (QED) is 0.461. The predicted molar refractivity (Wildman–Crippen MR) is 111 cm³/mol. The molecule has 2 heterocycles. The van der Waals surface area contributed by atoms with Crippen LogP contribution in [-0.2, 0) is 0 Å². The third-order valence-electron chi connectivity index (χ3n) is 5.65. The Morgan fingerprint density at radius 3 is 2.59 bits per heavy atom. The van der Waals surface area contributed by atoms with Gasteiger partial charge in [-0.25, -0.2) is 0 Å². The lowest BCUT2D eigenvalue weighted by molar-refractivity contribution is -0.385. The largest absolute Gasteiger partial charge is 0.459 e. The Balaban J connectivity index is 1.67. The summed E-state index contributed by atoms with van der Waals surface area (Å²) < 4.78 is 5.97. The average molecular weight is 393 g/mol. The maximum atomic E-state index is 12.9. The molecule has 1 aliphatic heterocycles. The Morgan fingerprint density at radius 2 is 1.90 bits per heavy atom. The van der Waals surface area contributed by atoms with Crippen molar-refractivity contribution in [1.29, 1.82) is 0 Å². The van der Waals surface area contributed by atoms with E-state index in [0.717, 1.165) is 35.3 Å². The van der Waals surface area contributed by atoms with Crippen molar-refractivity contribution in [2.45, 2.75) is 25.8 Å². The summed E-state index contributed by atoms with van der Waals surface area (Å²) in [7, 11) is 1.89. The van der Waals surface area contributed by atoms with Crippen molar-refractivity contribution in [3.63, 3.8) is 0 Å². The van der Waals surface area contributed by atoms with Crippen LogP contribution in [-0.4, -0.2) is 35.9 Å². The number of furan rings is 1. The minimum atomic E-state index is -0.490. The second-order valence-corrected chi connectivity index (χ2v) is 7.43. The third-order valence-corrected chi connectivity index (χ3v) is 5.65. The maximum absolute atomic E-state index is 12.9. The first kappa shape index (κ1) is 19.0. The highest BCUT2D eigenvalue weighted by Crippen LogP contribution is 2.33. The summed E-state index contributed by atoms with van der Waals surface area (Å²) in [5.74, 6) is 0.514. The Kier molecular flexibility index (Phi) is 4.96. The minimum Gasteiger partial charge on any atom is -0.459 e. The zero-order valence-electron chi connectivity index (χ0n) is 16.5. The fourth-order valence-corrected chi connectivity index (χ4v) is 3.79. The van der Waals surface area contributed by atoms with E-state index in [9.17, 15) is 14.9 Å². The van der Waals surface area contributed by atoms with E-state index in [1.165, 1.54) is 6.07 Å². The molecule has 0 radical (unpaired) electrons. The van der Waals surface area contributed by atoms with Crippen molar-refractivity contribution in [3.8, 4) is 0 Å². The number of likely N-dealkylation sites (tertiary alicyclic amines) is 1. The Morgan fingerprint density at radius 1 is 1.17 bits per heavy atom. The van der Waals surface area contributed by atoms with Crippen LogP contribution < -0.4 is 4.90 Å². The van der Waals surface area contributed by atoms with Crippen molar-refractivity contribution in [1.82, 2.24) is 4.90 Å². The Hall–Kier alpha value is -3.35. The highest BCUT2D eigenvalue weighted by molar-refractivity contribution is 5.99. The van der Waals surface area contributed by atoms with Crippen LogP contribution in [0.2, 0.25) is 0 Å². The van der Waals surface area contributed by atoms with E-state index in [-0.39, 0.29) is 23.2 Å². The van der Waals surface area contributed by atoms with Crippen molar-refractivity contribution in [2.24, 2.45) is 0 Å². The lowest BCUT2D eigenvalue weighted by Crippen LogP contribution is -2.29. The molecule has 150 valence electrons. The number of rotatable bonds is 5. The first-order valence-electron chi connectivity index (χ1n) is 9.74. The van der Waals surface area contributed by atoms with Gasteiger partial charge in [0, 0.05) is 37.3 Å². The molecule has 1 fully saturated rings. The first-order valence-corrected chi connectivity index (χ1v) is 9.74. The number of nitro benzene ring substituents is 1. The van der Waals surface area contributed by atoms with Gasteiger partial charge in [-0.15, -0.1) is 0 Å². The van der Waals surface area contributed by atoms with E-state index in [1.54, 1.807) is 17.0 Å². The molecule has 29 heavy (non-hydrogen) atoms. The molecular weight excluding hydrogens is 370 g/mol. The van der Waals surface area contributed by atoms with Crippen LogP contribution in [0.15, 0.2) is 52.9 Å². The number of hydrogen-bond acceptors (Lipinski definition) is 5. The van der Waals surface area contributed by atoms with Crippen LogP contribution in [0.3, 0.4) is 0 Å². The summed E-state index contributed by atoms with van der Waals surface area (Å²) in [5, 5.41) is 12.5. The fourth-order valence-electron chi connectivity index (χ4n) is 3.79. The summed E-state index contributed by atoms with van der Waals surface area (Å²) >= 11 is 0. The van der Waals surface area contributed by atoms with Crippen molar-refractivity contribution >= 4 is 28.3 Å². The molecule has 1 amide bonds. The molecule has 1 aromatic heterocycles. The van der Waals surface area contributed by atoms with Gasteiger partial charge in [-0.05, 0) is 44.0 Å². The summed E-state index contributed by atoms with van der Waals surface area (Å²) in [6, 6.07) is 14.4. The molecule has 1 saturated heterocycles. The number of nitrogens with zero attached hydrogens (tertiary/aromatic N) is 3. The van der Waals surface area contributed by atoms with Crippen LogP contribution in [0.25, 0.3) is 11.0 Å². The zero-order valence-corrected chi connectivity index (χ0v) is 16.5. The van der Waals surface area contributed by atoms with Crippen LogP contribution in [0.4, 0.5) is 11.4 Å². The van der Waals surface area contributed by atoms with E-state index in [2.05, 4.69) is 0 Å². The van der Waals surface area contributed by atoms with Gasteiger partial charge >= 0.3 is 0 Å². The van der Waals surface area contributed by atoms with Crippen LogP contribution >= 0.6 is 0 Å². The number of carbonyl (C=O) groups is 1. The predicted octanol–water partition coefficient (Wildman–Crippen LogP) is 4.77. The summed E-state index contributed by atoms with van der Waals surface area (Å²) in [4.78, 5) is 27.5. The molecular formula is C22H23N3O4. The van der Waals surface area contributed by atoms with Gasteiger partial charge in [-0.1, -0.05) is 18.2 Å². The van der Waals surface area contributed by atoms with Crippen molar-refractivity contribution in [2.75, 3.05) is 25.0 Å². The van der Waals surface area contributed by atoms with Gasteiger partial charge in [-0.3, -0.25) is 14.9 Å². The van der Waals surface area contributed by atoms with E-state index >= 15 is 0 Å². The molecule has 4 rings (SSSR count). The maximum Gasteiger partial charge on any atom is 0.282 e. The molecule has 3 aromatic rings. The number of benzene rings is 2. The molecule has 1 atom stereocenters. The van der Waals surface area contributed by atoms with E-state index in [1.807, 2.05) is 49.2 Å². The number of hydrogen-bond donors (Lipinski definition) is 0. The third kappa shape index (κ3) is 3.55. The summed E-state index contributed by atoms with van der Waals surface area (Å²) in [6.45, 7) is 3.29. The molecule has 1 aliphatic rings. The van der Waals surface area contributed by atoms with Crippen LogP contribution in [0.1, 0.15) is 41.9 Å². The van der Waals surface area contributed by atoms with Gasteiger partial charge in [-0.2, -0.15) is 0 Å². The second kappa shape index (κ2) is 7.58. The van der Waals surface area contributed by atoms with Crippen LogP contribution in [0, 0.1) is 10.1 Å². The Bertz CT molecular complexity index is 1040. The summed E-state index contributed by atoms with van der Waals surface area (Å²) in [6.07, 6.45) is 1.87. The molecule has 7 heteroatoms. The molecule has 0 bridgehead atoms. The molecule has 7 nitrogen and oxygen atoms in total. The lowest BCUT2D eigenvalue weighted by atomic mass is 10.1. The minimum absolute atomic E-state index is 0.112. The standard InChI is InChI=1S/C22H23N3O4/c1-15(21-13-16-7-3-4-8-20(16)29-21)23(2)17-9-10-19(25(27)28)18(14-17)22(26)24-11-5-6-12-24/h3-4,7-10,13-15H,5-6,11-12H2,1-2H3. The SMILES string of the molecule is CC(c1cc2ccccc2o1)N(C)c1ccc([N+](=O)[O-])c(C(=O)N2CCCC2)c1. The lowest BCUT2D eigenvalue weighted by Gasteiger charge is -2.26. The smallest absolute Gasteiger partial charge is 0.282 e. The fraction of sp³-hybridized carbons (Fsp3) is 0.318. The average Bonchev–Trinajstić information content (AvgIpc) is 3.41. The van der Waals surface area contributed by atoms with Gasteiger partial charge < -0.3 is 14.2 Å². The number of para-hydroxylation sites is 1. The number of fused-ring (bicyclic) bond motifs is 1. The molecule has 1 unspecified atom stereocenters. The van der Waals surface area contributed by atoms with Gasteiger partial charge in [0.15, 0.2) is 0 Å². The highest BCUT2D eigenvalue weighted by Gasteiger charge is 2.28. The van der Waals surface area contributed by atoms with Crippen molar-refractivity contribution in [3.05, 3.63) is 70.0 Å². The monoisotopic (exact) mass is 393 g/mol. The molecule has 0 saturated carbocycles. The normalized spacial score (nSPS) is 14.9. The zero-order chi connectivity index (χ0) is 20.5. The second-order valence-electron chi connectivity index (χ2n) is 7.43. The first-order chi connectivity index (χ1) is 14.0. The highest BCUT2D eigenvalue weighted by atomic mass is 16.6. The van der Waals surface area contributed by atoms with Gasteiger partial charge in [0.05, 0.1) is 11.0 Å². The van der Waals surface area contributed by atoms with Crippen LogP contribution in [0.5, 0.6) is 0 Å². The van der Waals surface area contributed by atoms with E-state index in [4.69, 9.17) is 4.42 Å². The number of nitro groups is 1.